The van der Waals surface area contributed by atoms with Gasteiger partial charge >= 0.3 is 0 Å². The van der Waals surface area contributed by atoms with Crippen molar-refractivity contribution in [2.75, 3.05) is 37.0 Å². The number of likely N-dealkylation sites (N-methyl/N-ethyl adjacent to an activating group) is 1. The number of nitrogens with two attached hydrogens (primary N) is 1. The number of nitrogen functional groups attached to an aromatic ring is 1. The Balaban J connectivity index is 2.39. The number of hydrazine groups is 1. The molecule has 1 saturated heterocycles. The van der Waals surface area contributed by atoms with E-state index in [0.29, 0.717) is 6.04 Å². The summed E-state index contributed by atoms with van der Waals surface area (Å²) in [6, 6.07) is 0.437. The van der Waals surface area contributed by atoms with Gasteiger partial charge in [0.25, 0.3) is 0 Å². The quantitative estimate of drug-likeness (QED) is 0.639. The molecule has 20 heavy (non-hydrogen) atoms. The first-order valence-electron chi connectivity index (χ1n) is 7.36. The average Bonchev–Trinajstić information content (AvgIpc) is 2.60. The Morgan fingerprint density at radius 3 is 2.75 bits per heavy atom. The number of nitrogens with zero attached hydrogens (tertiary/aromatic N) is 4. The van der Waals surface area contributed by atoms with Gasteiger partial charge < -0.3 is 15.2 Å². The van der Waals surface area contributed by atoms with Crippen LogP contribution in [0.3, 0.4) is 0 Å². The summed E-state index contributed by atoms with van der Waals surface area (Å²) in [7, 11) is 2.18. The van der Waals surface area contributed by atoms with Gasteiger partial charge in [-0.3, -0.25) is 0 Å². The Hall–Kier alpha value is -1.40. The van der Waals surface area contributed by atoms with Crippen molar-refractivity contribution in [3.05, 3.63) is 11.4 Å². The fourth-order valence-corrected chi connectivity index (χ4v) is 2.82. The molecule has 1 aromatic rings. The molecule has 0 aromatic carbocycles. The standard InChI is InChI=1S/C14H26N6/c1-5-12-16-13(18-15)11(3)14(17-12)20-8-6-7-19(4)9-10(20)2/h10H,5-9,15H2,1-4H3,(H,16,17,18). The highest BCUT2D eigenvalue weighted by Crippen LogP contribution is 2.26. The van der Waals surface area contributed by atoms with Crippen molar-refractivity contribution in [1.29, 1.82) is 0 Å². The van der Waals surface area contributed by atoms with E-state index in [1.165, 1.54) is 0 Å². The van der Waals surface area contributed by atoms with E-state index < -0.39 is 0 Å². The van der Waals surface area contributed by atoms with Crippen molar-refractivity contribution in [1.82, 2.24) is 14.9 Å². The maximum absolute atomic E-state index is 5.59. The first-order chi connectivity index (χ1) is 9.56. The van der Waals surface area contributed by atoms with Crippen LogP contribution in [-0.2, 0) is 6.42 Å². The van der Waals surface area contributed by atoms with E-state index in [9.17, 15) is 0 Å². The lowest BCUT2D eigenvalue weighted by atomic mass is 10.2. The molecule has 1 aliphatic rings. The molecule has 1 aliphatic heterocycles. The second-order valence-electron chi connectivity index (χ2n) is 5.59. The Morgan fingerprint density at radius 2 is 2.10 bits per heavy atom. The molecule has 6 nitrogen and oxygen atoms in total. The van der Waals surface area contributed by atoms with Gasteiger partial charge in [-0.05, 0) is 33.9 Å². The van der Waals surface area contributed by atoms with Crippen molar-refractivity contribution in [3.8, 4) is 0 Å². The smallest absolute Gasteiger partial charge is 0.148 e. The number of nitrogens with one attached hydrogen (secondary N) is 1. The van der Waals surface area contributed by atoms with Crippen LogP contribution in [0.5, 0.6) is 0 Å². The number of aryl methyl sites for hydroxylation is 1. The van der Waals surface area contributed by atoms with Crippen LogP contribution >= 0.6 is 0 Å². The lowest BCUT2D eigenvalue weighted by molar-refractivity contribution is 0.337. The summed E-state index contributed by atoms with van der Waals surface area (Å²) in [6.45, 7) is 9.56. The summed E-state index contributed by atoms with van der Waals surface area (Å²) in [5.41, 5.74) is 3.73. The SMILES string of the molecule is CCc1nc(NN)c(C)c(N2CCCN(C)CC2C)n1. The first-order valence-corrected chi connectivity index (χ1v) is 7.36. The predicted molar refractivity (Wildman–Crippen MR) is 82.9 cm³/mol. The third-order valence-electron chi connectivity index (χ3n) is 3.94. The summed E-state index contributed by atoms with van der Waals surface area (Å²) in [6.07, 6.45) is 1.96. The summed E-state index contributed by atoms with van der Waals surface area (Å²) in [4.78, 5) is 14.0. The topological polar surface area (TPSA) is 70.3 Å². The monoisotopic (exact) mass is 278 g/mol. The molecule has 2 rings (SSSR count). The molecule has 3 N–H and O–H groups in total. The lowest BCUT2D eigenvalue weighted by Crippen LogP contribution is -2.39. The van der Waals surface area contributed by atoms with Crippen LogP contribution in [-0.4, -0.2) is 47.6 Å². The van der Waals surface area contributed by atoms with Crippen molar-refractivity contribution < 1.29 is 0 Å². The highest BCUT2D eigenvalue weighted by atomic mass is 15.3. The zero-order valence-electron chi connectivity index (χ0n) is 13.0. The maximum atomic E-state index is 5.59. The Labute approximate surface area is 121 Å². The molecule has 112 valence electrons. The Morgan fingerprint density at radius 1 is 1.35 bits per heavy atom. The van der Waals surface area contributed by atoms with E-state index in [0.717, 1.165) is 55.5 Å². The molecule has 0 saturated carbocycles. The number of hydrogen-bond acceptors (Lipinski definition) is 6. The molecule has 0 amide bonds. The number of aromatic nitrogens is 2. The molecular formula is C14H26N6. The second kappa shape index (κ2) is 6.37. The van der Waals surface area contributed by atoms with Gasteiger partial charge in [0.1, 0.15) is 17.5 Å². The van der Waals surface area contributed by atoms with Gasteiger partial charge in [-0.1, -0.05) is 6.92 Å². The van der Waals surface area contributed by atoms with Crippen LogP contribution in [0.15, 0.2) is 0 Å². The zero-order chi connectivity index (χ0) is 14.7. The van der Waals surface area contributed by atoms with Crippen LogP contribution in [0.25, 0.3) is 0 Å². The fourth-order valence-electron chi connectivity index (χ4n) is 2.82. The highest BCUT2D eigenvalue weighted by molar-refractivity contribution is 5.58. The molecule has 0 radical (unpaired) electrons. The largest absolute Gasteiger partial charge is 0.352 e. The molecule has 0 spiro atoms. The highest BCUT2D eigenvalue weighted by Gasteiger charge is 2.24. The van der Waals surface area contributed by atoms with E-state index in [1.807, 2.05) is 6.92 Å². The predicted octanol–water partition coefficient (Wildman–Crippen LogP) is 1.16. The summed E-state index contributed by atoms with van der Waals surface area (Å²) >= 11 is 0. The minimum atomic E-state index is 0.437. The molecule has 1 aromatic heterocycles. The minimum absolute atomic E-state index is 0.437. The van der Waals surface area contributed by atoms with E-state index in [1.54, 1.807) is 0 Å². The molecular weight excluding hydrogens is 252 g/mol. The van der Waals surface area contributed by atoms with E-state index in [-0.39, 0.29) is 0 Å². The van der Waals surface area contributed by atoms with Crippen LogP contribution < -0.4 is 16.2 Å². The van der Waals surface area contributed by atoms with Gasteiger partial charge in [-0.15, -0.1) is 0 Å². The number of anilines is 2. The van der Waals surface area contributed by atoms with Crippen molar-refractivity contribution >= 4 is 11.6 Å². The number of rotatable bonds is 3. The Kier molecular flexibility index (Phi) is 4.77. The van der Waals surface area contributed by atoms with Gasteiger partial charge in [0.2, 0.25) is 0 Å². The van der Waals surface area contributed by atoms with E-state index in [4.69, 9.17) is 10.8 Å². The molecule has 0 bridgehead atoms. The van der Waals surface area contributed by atoms with Gasteiger partial charge in [-0.25, -0.2) is 15.8 Å². The molecule has 2 heterocycles. The van der Waals surface area contributed by atoms with E-state index >= 15 is 0 Å². The van der Waals surface area contributed by atoms with Gasteiger partial charge in [0, 0.05) is 31.1 Å². The molecule has 1 unspecified atom stereocenters. The van der Waals surface area contributed by atoms with Gasteiger partial charge in [-0.2, -0.15) is 0 Å². The number of hydrogen-bond donors (Lipinski definition) is 2. The van der Waals surface area contributed by atoms with Crippen LogP contribution in [0, 0.1) is 6.92 Å². The van der Waals surface area contributed by atoms with Crippen molar-refractivity contribution in [3.63, 3.8) is 0 Å². The molecule has 0 aliphatic carbocycles. The molecule has 1 fully saturated rings. The average molecular weight is 278 g/mol. The lowest BCUT2D eigenvalue weighted by Gasteiger charge is -2.31. The summed E-state index contributed by atoms with van der Waals surface area (Å²) in [5, 5.41) is 0. The van der Waals surface area contributed by atoms with Crippen LogP contribution in [0.4, 0.5) is 11.6 Å². The Bertz CT molecular complexity index is 461. The normalized spacial score (nSPS) is 20.9. The van der Waals surface area contributed by atoms with E-state index in [2.05, 4.69) is 41.1 Å². The van der Waals surface area contributed by atoms with Gasteiger partial charge in [0.05, 0.1) is 0 Å². The molecule has 6 heteroatoms. The summed E-state index contributed by atoms with van der Waals surface area (Å²) < 4.78 is 0. The van der Waals surface area contributed by atoms with Crippen molar-refractivity contribution in [2.24, 2.45) is 5.84 Å². The van der Waals surface area contributed by atoms with Gasteiger partial charge in [0.15, 0.2) is 0 Å². The van der Waals surface area contributed by atoms with Crippen LogP contribution in [0.2, 0.25) is 0 Å². The fraction of sp³-hybridized carbons (Fsp3) is 0.714. The maximum Gasteiger partial charge on any atom is 0.148 e. The first kappa shape index (κ1) is 15.0. The van der Waals surface area contributed by atoms with Crippen LogP contribution in [0.1, 0.15) is 31.7 Å². The molecule has 1 atom stereocenters. The summed E-state index contributed by atoms with van der Waals surface area (Å²) in [5.74, 6) is 8.18. The zero-order valence-corrected chi connectivity index (χ0v) is 13.0. The third-order valence-corrected chi connectivity index (χ3v) is 3.94. The minimum Gasteiger partial charge on any atom is -0.352 e. The second-order valence-corrected chi connectivity index (χ2v) is 5.59. The third kappa shape index (κ3) is 3.02. The van der Waals surface area contributed by atoms with Crippen molar-refractivity contribution in [2.45, 2.75) is 39.7 Å².